The first-order valence-electron chi connectivity index (χ1n) is 6.20. The van der Waals surface area contributed by atoms with Crippen LogP contribution in [0.3, 0.4) is 0 Å². The second kappa shape index (κ2) is 6.45. The van der Waals surface area contributed by atoms with E-state index in [-0.39, 0.29) is 24.3 Å². The van der Waals surface area contributed by atoms with Crippen LogP contribution in [0.4, 0.5) is 0 Å². The average Bonchev–Trinajstić information content (AvgIpc) is 2.41. The van der Waals surface area contributed by atoms with Gasteiger partial charge in [0.1, 0.15) is 0 Å². The molecule has 1 aromatic heterocycles. The van der Waals surface area contributed by atoms with Crippen molar-refractivity contribution in [2.75, 3.05) is 0 Å². The molecule has 0 saturated carbocycles. The van der Waals surface area contributed by atoms with E-state index >= 15 is 0 Å². The van der Waals surface area contributed by atoms with Crippen molar-refractivity contribution in [1.29, 1.82) is 0 Å². The van der Waals surface area contributed by atoms with Crippen LogP contribution in [-0.4, -0.2) is 31.3 Å². The lowest BCUT2D eigenvalue weighted by molar-refractivity contribution is -0.136. The largest absolute Gasteiger partial charge is 0.504 e. The maximum Gasteiger partial charge on any atom is 0.303 e. The highest BCUT2D eigenvalue weighted by Crippen LogP contribution is 2.36. The molecule has 2 rings (SSSR count). The first-order valence-corrected chi connectivity index (χ1v) is 7.01. The number of nitrogens with zero attached hydrogens (tertiary/aromatic N) is 2. The van der Waals surface area contributed by atoms with Crippen LogP contribution < -0.4 is 0 Å². The van der Waals surface area contributed by atoms with Gasteiger partial charge in [0, 0.05) is 23.2 Å². The third kappa shape index (κ3) is 4.09. The van der Waals surface area contributed by atoms with Crippen molar-refractivity contribution in [1.82, 2.24) is 9.97 Å². The molecule has 2 aromatic rings. The molecule has 0 fully saturated rings. The van der Waals surface area contributed by atoms with Gasteiger partial charge in [-0.2, -0.15) is 0 Å². The minimum absolute atomic E-state index is 0.0630. The molecule has 21 heavy (non-hydrogen) atoms. The molecule has 0 saturated heterocycles. The van der Waals surface area contributed by atoms with Crippen molar-refractivity contribution < 1.29 is 20.1 Å². The van der Waals surface area contributed by atoms with E-state index in [4.69, 9.17) is 5.11 Å². The molecule has 0 amide bonds. The van der Waals surface area contributed by atoms with Gasteiger partial charge in [-0.1, -0.05) is 0 Å². The van der Waals surface area contributed by atoms with Crippen LogP contribution in [0.1, 0.15) is 17.7 Å². The Kier molecular flexibility index (Phi) is 4.64. The Morgan fingerprint density at radius 2 is 2.00 bits per heavy atom. The van der Waals surface area contributed by atoms with Gasteiger partial charge in [0.15, 0.2) is 16.7 Å². The van der Waals surface area contributed by atoms with E-state index in [1.807, 2.05) is 6.92 Å². The van der Waals surface area contributed by atoms with Crippen molar-refractivity contribution in [3.05, 3.63) is 35.7 Å². The van der Waals surface area contributed by atoms with Crippen molar-refractivity contribution in [3.8, 4) is 11.5 Å². The standard InChI is InChI=1S/C14H14N2O4S/c1-8-4-5-15-14(16-8)21-12-7-11(18)10(17)6-9(12)2-3-13(19)20/h4-7,17-18H,2-3H2,1H3,(H,19,20). The number of aliphatic carboxylic acids is 1. The number of benzene rings is 1. The van der Waals surface area contributed by atoms with Gasteiger partial charge in [0.05, 0.1) is 0 Å². The Labute approximate surface area is 125 Å². The zero-order valence-electron chi connectivity index (χ0n) is 11.3. The highest BCUT2D eigenvalue weighted by atomic mass is 32.2. The molecule has 7 heteroatoms. The summed E-state index contributed by atoms with van der Waals surface area (Å²) in [6, 6.07) is 4.53. The topological polar surface area (TPSA) is 104 Å². The van der Waals surface area contributed by atoms with Gasteiger partial charge < -0.3 is 15.3 Å². The number of phenolic OH excluding ortho intramolecular Hbond substituents is 2. The third-order valence-corrected chi connectivity index (χ3v) is 3.72. The van der Waals surface area contributed by atoms with Crippen LogP contribution in [0.2, 0.25) is 0 Å². The zero-order valence-corrected chi connectivity index (χ0v) is 12.1. The number of phenols is 2. The van der Waals surface area contributed by atoms with Crippen molar-refractivity contribution in [2.45, 2.75) is 29.8 Å². The number of carboxylic acid groups (broad SMARTS) is 1. The van der Waals surface area contributed by atoms with E-state index in [1.54, 1.807) is 12.3 Å². The Hall–Kier alpha value is -2.28. The first-order chi connectivity index (χ1) is 9.95. The summed E-state index contributed by atoms with van der Waals surface area (Å²) in [4.78, 5) is 19.7. The van der Waals surface area contributed by atoms with Crippen molar-refractivity contribution >= 4 is 17.7 Å². The Morgan fingerprint density at radius 1 is 1.29 bits per heavy atom. The van der Waals surface area contributed by atoms with Gasteiger partial charge in [0.25, 0.3) is 0 Å². The third-order valence-electron chi connectivity index (χ3n) is 2.74. The van der Waals surface area contributed by atoms with Crippen molar-refractivity contribution in [3.63, 3.8) is 0 Å². The molecule has 0 spiro atoms. The van der Waals surface area contributed by atoms with E-state index < -0.39 is 5.97 Å². The number of carbonyl (C=O) groups is 1. The molecule has 0 bridgehead atoms. The molecule has 0 aliphatic rings. The van der Waals surface area contributed by atoms with Crippen LogP contribution in [0.5, 0.6) is 11.5 Å². The lowest BCUT2D eigenvalue weighted by atomic mass is 10.1. The van der Waals surface area contributed by atoms with E-state index in [0.29, 0.717) is 15.6 Å². The van der Waals surface area contributed by atoms with Gasteiger partial charge in [-0.15, -0.1) is 0 Å². The fraction of sp³-hybridized carbons (Fsp3) is 0.214. The van der Waals surface area contributed by atoms with Gasteiger partial charge in [-0.3, -0.25) is 4.79 Å². The minimum atomic E-state index is -0.926. The van der Waals surface area contributed by atoms with E-state index in [1.165, 1.54) is 23.9 Å². The molecule has 0 unspecified atom stereocenters. The molecular weight excluding hydrogens is 292 g/mol. The number of aromatic hydroxyl groups is 2. The molecule has 3 N–H and O–H groups in total. The smallest absolute Gasteiger partial charge is 0.303 e. The molecule has 0 atom stereocenters. The van der Waals surface area contributed by atoms with Crippen LogP contribution in [0.15, 0.2) is 34.4 Å². The maximum atomic E-state index is 10.7. The molecule has 0 aliphatic heterocycles. The molecular formula is C14H14N2O4S. The van der Waals surface area contributed by atoms with Crippen molar-refractivity contribution in [2.24, 2.45) is 0 Å². The fourth-order valence-electron chi connectivity index (χ4n) is 1.71. The summed E-state index contributed by atoms with van der Waals surface area (Å²) in [7, 11) is 0. The highest BCUT2D eigenvalue weighted by molar-refractivity contribution is 7.99. The lowest BCUT2D eigenvalue weighted by Gasteiger charge is -2.10. The highest BCUT2D eigenvalue weighted by Gasteiger charge is 2.13. The summed E-state index contributed by atoms with van der Waals surface area (Å²) in [6.07, 6.45) is 1.81. The van der Waals surface area contributed by atoms with Crippen LogP contribution >= 0.6 is 11.8 Å². The number of aromatic nitrogens is 2. The van der Waals surface area contributed by atoms with Crippen LogP contribution in [-0.2, 0) is 11.2 Å². The van der Waals surface area contributed by atoms with Gasteiger partial charge in [-0.05, 0) is 48.9 Å². The summed E-state index contributed by atoms with van der Waals surface area (Å²) < 4.78 is 0. The fourth-order valence-corrected chi connectivity index (χ4v) is 2.67. The Balaban J connectivity index is 2.31. The molecule has 110 valence electrons. The quantitative estimate of drug-likeness (QED) is 0.575. The molecule has 0 aliphatic carbocycles. The monoisotopic (exact) mass is 306 g/mol. The Bertz CT molecular complexity index is 676. The average molecular weight is 306 g/mol. The number of hydrogen-bond donors (Lipinski definition) is 3. The maximum absolute atomic E-state index is 10.7. The van der Waals surface area contributed by atoms with E-state index in [2.05, 4.69) is 9.97 Å². The molecule has 6 nitrogen and oxygen atoms in total. The normalized spacial score (nSPS) is 10.5. The molecule has 1 heterocycles. The lowest BCUT2D eigenvalue weighted by Crippen LogP contribution is -1.99. The Morgan fingerprint density at radius 3 is 2.67 bits per heavy atom. The number of hydrogen-bond acceptors (Lipinski definition) is 6. The number of aryl methyl sites for hydroxylation is 2. The van der Waals surface area contributed by atoms with E-state index in [0.717, 1.165) is 5.69 Å². The van der Waals surface area contributed by atoms with E-state index in [9.17, 15) is 15.0 Å². The summed E-state index contributed by atoms with van der Waals surface area (Å²) in [5.41, 5.74) is 1.44. The summed E-state index contributed by atoms with van der Waals surface area (Å²) in [5.74, 6) is -1.46. The minimum Gasteiger partial charge on any atom is -0.504 e. The predicted molar refractivity (Wildman–Crippen MR) is 76.6 cm³/mol. The van der Waals surface area contributed by atoms with Gasteiger partial charge in [-0.25, -0.2) is 9.97 Å². The second-order valence-corrected chi connectivity index (χ2v) is 5.43. The molecule has 1 aromatic carbocycles. The van der Waals surface area contributed by atoms with Gasteiger partial charge in [0.2, 0.25) is 0 Å². The van der Waals surface area contributed by atoms with Crippen LogP contribution in [0, 0.1) is 6.92 Å². The zero-order chi connectivity index (χ0) is 15.4. The summed E-state index contributed by atoms with van der Waals surface area (Å²) >= 11 is 1.22. The van der Waals surface area contributed by atoms with Crippen LogP contribution in [0.25, 0.3) is 0 Å². The first kappa shape index (κ1) is 15.1. The summed E-state index contributed by atoms with van der Waals surface area (Å²) in [6.45, 7) is 1.84. The summed E-state index contributed by atoms with van der Waals surface area (Å²) in [5, 5.41) is 28.4. The number of carboxylic acids is 1. The second-order valence-electron chi connectivity index (χ2n) is 4.43. The number of rotatable bonds is 5. The van der Waals surface area contributed by atoms with Gasteiger partial charge >= 0.3 is 5.97 Å². The predicted octanol–water partition coefficient (Wildman–Crippen LogP) is 2.36. The molecule has 0 radical (unpaired) electrons. The SMILES string of the molecule is Cc1ccnc(Sc2cc(O)c(O)cc2CCC(=O)O)n1.